The van der Waals surface area contributed by atoms with Gasteiger partial charge in [-0.15, -0.1) is 0 Å². The molecule has 1 atom stereocenters. The van der Waals surface area contributed by atoms with Crippen molar-refractivity contribution >= 4 is 11.9 Å². The van der Waals surface area contributed by atoms with Crippen molar-refractivity contribution in [3.05, 3.63) is 59.7 Å². The van der Waals surface area contributed by atoms with Crippen LogP contribution in [0.2, 0.25) is 0 Å². The fraction of sp³-hybridized carbons (Fsp3) is 0.263. The van der Waals surface area contributed by atoms with Gasteiger partial charge in [-0.05, 0) is 23.3 Å². The summed E-state index contributed by atoms with van der Waals surface area (Å²) >= 11 is 0. The second-order valence-electron chi connectivity index (χ2n) is 5.66. The second-order valence-corrected chi connectivity index (χ2v) is 5.66. The van der Waals surface area contributed by atoms with Crippen LogP contribution in [0.3, 0.4) is 0 Å². The third-order valence-corrected chi connectivity index (χ3v) is 3.83. The average molecular weight is 357 g/mol. The Morgan fingerprint density at radius 3 is 2.31 bits per heavy atom. The quantitative estimate of drug-likeness (QED) is 0.668. The number of carbonyl (C=O) groups is 2. The summed E-state index contributed by atoms with van der Waals surface area (Å²) in [5.41, 5.74) is 7.14. The topological polar surface area (TPSA) is 103 Å². The number of rotatable bonds is 8. The molecule has 0 bridgehead atoms. The summed E-state index contributed by atoms with van der Waals surface area (Å²) in [6, 6.07) is 13.4. The highest BCUT2D eigenvalue weighted by atomic mass is 16.5. The number of primary amides is 1. The van der Waals surface area contributed by atoms with E-state index in [0.717, 1.165) is 11.1 Å². The molecule has 0 heterocycles. The van der Waals surface area contributed by atoms with E-state index in [1.54, 1.807) is 26.4 Å². The van der Waals surface area contributed by atoms with Crippen LogP contribution in [0.5, 0.6) is 11.5 Å². The molecule has 7 heteroatoms. The minimum atomic E-state index is -0.789. The molecule has 4 N–H and O–H groups in total. The van der Waals surface area contributed by atoms with Crippen LogP contribution in [-0.2, 0) is 17.8 Å². The van der Waals surface area contributed by atoms with Gasteiger partial charge in [-0.25, -0.2) is 4.79 Å². The third kappa shape index (κ3) is 5.41. The number of hydrogen-bond acceptors (Lipinski definition) is 4. The van der Waals surface area contributed by atoms with Crippen LogP contribution >= 0.6 is 0 Å². The van der Waals surface area contributed by atoms with Gasteiger partial charge in [-0.3, -0.25) is 4.79 Å². The van der Waals surface area contributed by atoms with Crippen LogP contribution in [0, 0.1) is 0 Å². The maximum atomic E-state index is 12.1. The Hall–Kier alpha value is -3.22. The molecule has 0 aliphatic carbocycles. The fourth-order valence-electron chi connectivity index (χ4n) is 2.45. The first-order valence-electron chi connectivity index (χ1n) is 8.12. The molecule has 0 saturated carbocycles. The number of carbonyl (C=O) groups excluding carboxylic acids is 2. The number of ether oxygens (including phenoxy) is 2. The predicted molar refractivity (Wildman–Crippen MR) is 98.0 cm³/mol. The van der Waals surface area contributed by atoms with Crippen LogP contribution in [0.1, 0.15) is 11.1 Å². The highest BCUT2D eigenvalue weighted by Crippen LogP contribution is 2.27. The zero-order valence-corrected chi connectivity index (χ0v) is 14.8. The summed E-state index contributed by atoms with van der Waals surface area (Å²) in [6.45, 7) is 0.267. The first-order valence-corrected chi connectivity index (χ1v) is 8.12. The summed E-state index contributed by atoms with van der Waals surface area (Å²) < 4.78 is 10.4. The van der Waals surface area contributed by atoms with Crippen molar-refractivity contribution in [3.8, 4) is 11.5 Å². The lowest BCUT2D eigenvalue weighted by molar-refractivity contribution is -0.119. The van der Waals surface area contributed by atoms with E-state index in [9.17, 15) is 9.59 Å². The maximum Gasteiger partial charge on any atom is 0.315 e. The maximum absolute atomic E-state index is 12.1. The van der Waals surface area contributed by atoms with Crippen molar-refractivity contribution in [1.82, 2.24) is 10.6 Å². The number of methoxy groups -OCH3 is 2. The Morgan fingerprint density at radius 2 is 1.69 bits per heavy atom. The lowest BCUT2D eigenvalue weighted by Gasteiger charge is -2.16. The van der Waals surface area contributed by atoms with E-state index in [4.69, 9.17) is 15.2 Å². The van der Waals surface area contributed by atoms with Gasteiger partial charge in [-0.2, -0.15) is 0 Å². The van der Waals surface area contributed by atoms with E-state index in [-0.39, 0.29) is 6.54 Å². The van der Waals surface area contributed by atoms with Gasteiger partial charge in [0.05, 0.1) is 14.2 Å². The van der Waals surface area contributed by atoms with Crippen LogP contribution in [-0.4, -0.2) is 32.2 Å². The zero-order chi connectivity index (χ0) is 18.9. The summed E-state index contributed by atoms with van der Waals surface area (Å²) in [4.78, 5) is 23.7. The molecule has 0 aliphatic heterocycles. The van der Waals surface area contributed by atoms with Gasteiger partial charge in [0.2, 0.25) is 5.91 Å². The number of hydrogen-bond donors (Lipinski definition) is 3. The van der Waals surface area contributed by atoms with Gasteiger partial charge >= 0.3 is 6.03 Å². The number of amides is 3. The summed E-state index contributed by atoms with van der Waals surface area (Å²) in [6.07, 6.45) is 0.333. The Morgan fingerprint density at radius 1 is 1.00 bits per heavy atom. The largest absolute Gasteiger partial charge is 0.493 e. The molecular weight excluding hydrogens is 334 g/mol. The lowest BCUT2D eigenvalue weighted by atomic mass is 10.1. The first-order chi connectivity index (χ1) is 12.5. The minimum Gasteiger partial charge on any atom is -0.493 e. The van der Waals surface area contributed by atoms with Gasteiger partial charge in [0.1, 0.15) is 6.04 Å². The summed E-state index contributed by atoms with van der Waals surface area (Å²) in [5, 5.41) is 5.31. The molecule has 0 fully saturated rings. The fourth-order valence-corrected chi connectivity index (χ4v) is 2.45. The molecule has 2 aromatic rings. The normalized spacial score (nSPS) is 11.3. The molecule has 0 aliphatic rings. The Bertz CT molecular complexity index is 750. The van der Waals surface area contributed by atoms with Crippen molar-refractivity contribution in [3.63, 3.8) is 0 Å². The molecular formula is C19H23N3O4. The van der Waals surface area contributed by atoms with Gasteiger partial charge in [0.25, 0.3) is 0 Å². The minimum absolute atomic E-state index is 0.267. The van der Waals surface area contributed by atoms with E-state index < -0.39 is 18.0 Å². The van der Waals surface area contributed by atoms with Gasteiger partial charge in [-0.1, -0.05) is 36.4 Å². The molecule has 0 spiro atoms. The van der Waals surface area contributed by atoms with E-state index in [1.165, 1.54) is 0 Å². The molecule has 138 valence electrons. The number of nitrogens with one attached hydrogen (secondary N) is 2. The van der Waals surface area contributed by atoms with Crippen molar-refractivity contribution < 1.29 is 19.1 Å². The molecule has 2 aromatic carbocycles. The second kappa shape index (κ2) is 9.31. The van der Waals surface area contributed by atoms with Gasteiger partial charge in [0.15, 0.2) is 11.5 Å². The zero-order valence-electron chi connectivity index (χ0n) is 14.8. The van der Waals surface area contributed by atoms with Crippen molar-refractivity contribution in [2.75, 3.05) is 14.2 Å². The molecule has 1 unspecified atom stereocenters. The highest BCUT2D eigenvalue weighted by molar-refractivity contribution is 5.86. The molecule has 7 nitrogen and oxygen atoms in total. The average Bonchev–Trinajstić information content (AvgIpc) is 2.66. The van der Waals surface area contributed by atoms with E-state index >= 15 is 0 Å². The Kier molecular flexibility index (Phi) is 6.84. The monoisotopic (exact) mass is 357 g/mol. The van der Waals surface area contributed by atoms with E-state index in [0.29, 0.717) is 17.9 Å². The van der Waals surface area contributed by atoms with E-state index in [2.05, 4.69) is 10.6 Å². The van der Waals surface area contributed by atoms with Crippen molar-refractivity contribution in [2.45, 2.75) is 19.0 Å². The highest BCUT2D eigenvalue weighted by Gasteiger charge is 2.18. The molecule has 2 rings (SSSR count). The molecule has 0 aromatic heterocycles. The van der Waals surface area contributed by atoms with Crippen molar-refractivity contribution in [2.24, 2.45) is 5.73 Å². The predicted octanol–water partition coefficient (Wildman–Crippen LogP) is 1.60. The van der Waals surface area contributed by atoms with Gasteiger partial charge in [0, 0.05) is 13.0 Å². The summed E-state index contributed by atoms with van der Waals surface area (Å²) in [7, 11) is 3.10. The van der Waals surface area contributed by atoms with Crippen LogP contribution in [0.25, 0.3) is 0 Å². The van der Waals surface area contributed by atoms with Crippen LogP contribution < -0.4 is 25.8 Å². The number of benzene rings is 2. The molecule has 3 amide bonds. The number of urea groups is 1. The summed E-state index contributed by atoms with van der Waals surface area (Å²) in [5.74, 6) is 0.596. The first kappa shape index (κ1) is 19.1. The Labute approximate surface area is 152 Å². The smallest absolute Gasteiger partial charge is 0.315 e. The Balaban J connectivity index is 1.93. The number of nitrogens with two attached hydrogens (primary N) is 1. The van der Waals surface area contributed by atoms with E-state index in [1.807, 2.05) is 36.4 Å². The molecule has 0 saturated heterocycles. The van der Waals surface area contributed by atoms with Crippen LogP contribution in [0.15, 0.2) is 48.5 Å². The molecule has 0 radical (unpaired) electrons. The van der Waals surface area contributed by atoms with Gasteiger partial charge < -0.3 is 25.8 Å². The lowest BCUT2D eigenvalue weighted by Crippen LogP contribution is -2.49. The SMILES string of the molecule is COc1ccc(CNC(=O)NC(Cc2ccccc2)C(N)=O)cc1OC. The molecule has 26 heavy (non-hydrogen) atoms. The van der Waals surface area contributed by atoms with Crippen LogP contribution in [0.4, 0.5) is 4.79 Å². The standard InChI is InChI=1S/C19H23N3O4/c1-25-16-9-8-14(11-17(16)26-2)12-21-19(24)22-15(18(20)23)10-13-6-4-3-5-7-13/h3-9,11,15H,10,12H2,1-2H3,(H2,20,23)(H2,21,22,24). The third-order valence-electron chi connectivity index (χ3n) is 3.83. The van der Waals surface area contributed by atoms with Crippen molar-refractivity contribution in [1.29, 1.82) is 0 Å².